The second kappa shape index (κ2) is 13.1. The second-order valence-corrected chi connectivity index (χ2v) is 11.3. The smallest absolute Gasteiger partial charge is 0.320 e. The zero-order valence-electron chi connectivity index (χ0n) is 24.3. The van der Waals surface area contributed by atoms with Gasteiger partial charge in [0.25, 0.3) is 5.91 Å². The molecule has 8 nitrogen and oxygen atoms in total. The average Bonchev–Trinajstić information content (AvgIpc) is 3.42. The zero-order chi connectivity index (χ0) is 29.6. The van der Waals surface area contributed by atoms with Crippen LogP contribution in [0.15, 0.2) is 54.7 Å². The Bertz CT molecular complexity index is 1510. The number of nitrogens with one attached hydrogen (secondary N) is 3. The van der Waals surface area contributed by atoms with Crippen LogP contribution in [0, 0.1) is 24.6 Å². The van der Waals surface area contributed by atoms with E-state index in [1.54, 1.807) is 42.6 Å². The van der Waals surface area contributed by atoms with E-state index in [1.807, 2.05) is 13.0 Å². The van der Waals surface area contributed by atoms with Crippen LogP contribution < -0.4 is 16.0 Å². The number of halogens is 1. The number of amides is 3. The summed E-state index contributed by atoms with van der Waals surface area (Å²) in [5.74, 6) is 5.97. The Labute approximate surface area is 246 Å². The van der Waals surface area contributed by atoms with Crippen LogP contribution in [0.3, 0.4) is 0 Å². The summed E-state index contributed by atoms with van der Waals surface area (Å²) in [6, 6.07) is 14.1. The molecule has 218 valence electrons. The van der Waals surface area contributed by atoms with E-state index in [1.165, 1.54) is 6.07 Å². The van der Waals surface area contributed by atoms with Crippen LogP contribution in [0.5, 0.6) is 0 Å². The molecule has 2 fully saturated rings. The van der Waals surface area contributed by atoms with Gasteiger partial charge in [-0.3, -0.25) is 15.0 Å². The van der Waals surface area contributed by atoms with Crippen molar-refractivity contribution in [3.05, 3.63) is 88.4 Å². The van der Waals surface area contributed by atoms with Crippen molar-refractivity contribution in [2.24, 2.45) is 0 Å². The Morgan fingerprint density at radius 2 is 1.88 bits per heavy atom. The van der Waals surface area contributed by atoms with Gasteiger partial charge >= 0.3 is 6.03 Å². The van der Waals surface area contributed by atoms with Crippen LogP contribution in [-0.4, -0.2) is 66.0 Å². The maximum atomic E-state index is 14.9. The molecule has 42 heavy (non-hydrogen) atoms. The van der Waals surface area contributed by atoms with Gasteiger partial charge in [0.2, 0.25) is 0 Å². The van der Waals surface area contributed by atoms with Crippen molar-refractivity contribution in [2.45, 2.75) is 51.2 Å². The maximum absolute atomic E-state index is 14.9. The molecular weight excluding hydrogens is 531 g/mol. The summed E-state index contributed by atoms with van der Waals surface area (Å²) in [7, 11) is 4.15. The van der Waals surface area contributed by atoms with Crippen LogP contribution in [-0.2, 0) is 6.54 Å². The molecule has 9 heteroatoms. The molecule has 1 saturated heterocycles. The Hall–Kier alpha value is -4.26. The summed E-state index contributed by atoms with van der Waals surface area (Å²) in [6.07, 6.45) is 5.85. The predicted molar refractivity (Wildman–Crippen MR) is 163 cm³/mol. The van der Waals surface area contributed by atoms with Gasteiger partial charge in [-0.2, -0.15) is 0 Å². The van der Waals surface area contributed by atoms with Gasteiger partial charge < -0.3 is 15.5 Å². The van der Waals surface area contributed by atoms with Gasteiger partial charge in [0.15, 0.2) is 0 Å². The number of pyridine rings is 1. The minimum absolute atomic E-state index is 0.249. The lowest BCUT2D eigenvalue weighted by Crippen LogP contribution is -2.41. The molecule has 0 radical (unpaired) electrons. The van der Waals surface area contributed by atoms with E-state index in [2.05, 4.69) is 56.7 Å². The summed E-state index contributed by atoms with van der Waals surface area (Å²) in [6.45, 7) is 4.33. The molecule has 0 bridgehead atoms. The first-order valence-electron chi connectivity index (χ1n) is 14.4. The molecule has 2 aliphatic rings. The highest BCUT2D eigenvalue weighted by Gasteiger charge is 2.24. The average molecular weight is 569 g/mol. The molecule has 5 rings (SSSR count). The predicted octanol–water partition coefficient (Wildman–Crippen LogP) is 4.99. The van der Waals surface area contributed by atoms with Crippen molar-refractivity contribution < 1.29 is 14.0 Å². The summed E-state index contributed by atoms with van der Waals surface area (Å²) in [4.78, 5) is 33.8. The second-order valence-electron chi connectivity index (χ2n) is 11.3. The first kappa shape index (κ1) is 29.2. The van der Waals surface area contributed by atoms with E-state index >= 15 is 0 Å². The third-order valence-corrected chi connectivity index (χ3v) is 7.97. The number of benzene rings is 2. The van der Waals surface area contributed by atoms with Gasteiger partial charge in [-0.25, -0.2) is 14.2 Å². The van der Waals surface area contributed by atoms with Gasteiger partial charge in [-0.15, -0.1) is 0 Å². The molecule has 2 heterocycles. The third kappa shape index (κ3) is 7.52. The molecule has 1 atom stereocenters. The Morgan fingerprint density at radius 1 is 1.05 bits per heavy atom. The van der Waals surface area contributed by atoms with E-state index in [0.717, 1.165) is 44.3 Å². The van der Waals surface area contributed by atoms with E-state index in [-0.39, 0.29) is 23.8 Å². The Morgan fingerprint density at radius 3 is 2.55 bits per heavy atom. The highest BCUT2D eigenvalue weighted by atomic mass is 19.1. The Balaban J connectivity index is 1.19. The van der Waals surface area contributed by atoms with Crippen LogP contribution in [0.25, 0.3) is 0 Å². The van der Waals surface area contributed by atoms with Crippen molar-refractivity contribution >= 4 is 23.4 Å². The zero-order valence-corrected chi connectivity index (χ0v) is 24.3. The molecule has 3 amide bonds. The van der Waals surface area contributed by atoms with Gasteiger partial charge in [0.1, 0.15) is 11.6 Å². The van der Waals surface area contributed by atoms with Crippen molar-refractivity contribution in [2.75, 3.05) is 37.8 Å². The molecular formula is C33H37FN6O2. The van der Waals surface area contributed by atoms with Gasteiger partial charge in [0, 0.05) is 65.9 Å². The number of anilines is 2. The molecule has 3 aromatic rings. The lowest BCUT2D eigenvalue weighted by Gasteiger charge is -2.26. The highest BCUT2D eigenvalue weighted by Crippen LogP contribution is 2.22. The summed E-state index contributed by atoms with van der Waals surface area (Å²) in [5, 5.41) is 8.46. The van der Waals surface area contributed by atoms with E-state index in [4.69, 9.17) is 0 Å². The number of carbonyl (C=O) groups excluding carboxylic acids is 2. The molecule has 1 aliphatic heterocycles. The molecule has 3 N–H and O–H groups in total. The molecule has 0 unspecified atom stereocenters. The fourth-order valence-electron chi connectivity index (χ4n) is 5.04. The van der Waals surface area contributed by atoms with Crippen LogP contribution in [0.1, 0.15) is 58.3 Å². The number of likely N-dealkylation sites (N-methyl/N-ethyl adjacent to an activating group) is 1. The number of likely N-dealkylation sites (tertiary alicyclic amines) is 1. The van der Waals surface area contributed by atoms with Gasteiger partial charge in [-0.05, 0) is 88.7 Å². The van der Waals surface area contributed by atoms with Gasteiger partial charge in [0.05, 0.1) is 0 Å². The summed E-state index contributed by atoms with van der Waals surface area (Å²) in [5.41, 5.74) is 3.76. The summed E-state index contributed by atoms with van der Waals surface area (Å²) < 4.78 is 14.9. The largest absolute Gasteiger partial charge is 0.335 e. The lowest BCUT2D eigenvalue weighted by atomic mass is 9.93. The van der Waals surface area contributed by atoms with E-state index in [0.29, 0.717) is 46.3 Å². The topological polar surface area (TPSA) is 89.6 Å². The fourth-order valence-corrected chi connectivity index (χ4v) is 5.04. The molecule has 1 aliphatic carbocycles. The maximum Gasteiger partial charge on any atom is 0.320 e. The standard InChI is InChI=1S/C33H37FN6O2/c1-22-7-10-25(17-24(22)11-8-23-9-14-31(35-19-23)38-33(42)37-27-5-4-6-27)32(41)36-28-13-12-26(30(34)18-28)20-40-16-15-29(21-40)39(2)3/h7,9-10,12-14,17-19,27,29H,4-6,15-16,20-21H2,1-3H3,(H,36,41)(H2,35,37,38,42)/t29-/m0/s1. The van der Waals surface area contributed by atoms with E-state index < -0.39 is 0 Å². The first-order valence-corrected chi connectivity index (χ1v) is 14.4. The molecule has 2 aromatic carbocycles. The molecule has 1 aromatic heterocycles. The SMILES string of the molecule is Cc1ccc(C(=O)Nc2ccc(CN3CC[C@H](N(C)C)C3)c(F)c2)cc1C#Cc1ccc(NC(=O)NC2CCC2)nc1. The Kier molecular flexibility index (Phi) is 9.15. The van der Waals surface area contributed by atoms with Crippen molar-refractivity contribution in [1.82, 2.24) is 20.1 Å². The first-order chi connectivity index (χ1) is 20.2. The lowest BCUT2D eigenvalue weighted by molar-refractivity contribution is 0.102. The van der Waals surface area contributed by atoms with Crippen molar-refractivity contribution in [3.8, 4) is 11.8 Å². The van der Waals surface area contributed by atoms with Crippen molar-refractivity contribution in [3.63, 3.8) is 0 Å². The molecule has 1 saturated carbocycles. The van der Waals surface area contributed by atoms with Gasteiger partial charge in [-0.1, -0.05) is 24.0 Å². The van der Waals surface area contributed by atoms with Crippen LogP contribution in [0.4, 0.5) is 20.7 Å². The highest BCUT2D eigenvalue weighted by molar-refractivity contribution is 6.04. The monoisotopic (exact) mass is 568 g/mol. The summed E-state index contributed by atoms with van der Waals surface area (Å²) >= 11 is 0. The van der Waals surface area contributed by atoms with E-state index in [9.17, 15) is 14.0 Å². The van der Waals surface area contributed by atoms with Crippen LogP contribution >= 0.6 is 0 Å². The number of urea groups is 1. The van der Waals surface area contributed by atoms with Crippen LogP contribution in [0.2, 0.25) is 0 Å². The number of aryl methyl sites for hydroxylation is 1. The normalized spacial score (nSPS) is 16.8. The number of nitrogens with zero attached hydrogens (tertiary/aromatic N) is 3. The fraction of sp³-hybridized carbons (Fsp3) is 0.364. The minimum Gasteiger partial charge on any atom is -0.335 e. The number of hydrogen-bond donors (Lipinski definition) is 3. The number of hydrogen-bond acceptors (Lipinski definition) is 5. The number of carbonyl (C=O) groups is 2. The quantitative estimate of drug-likeness (QED) is 0.350. The third-order valence-electron chi connectivity index (χ3n) is 7.97. The minimum atomic E-state index is -0.337. The number of rotatable bonds is 7. The molecule has 0 spiro atoms. The van der Waals surface area contributed by atoms with Crippen molar-refractivity contribution in [1.29, 1.82) is 0 Å². The number of aromatic nitrogens is 1.